The van der Waals surface area contributed by atoms with Crippen LogP contribution in [0.15, 0.2) is 87.6 Å². The molecule has 0 atom stereocenters. The van der Waals surface area contributed by atoms with E-state index in [4.69, 9.17) is 25.9 Å². The number of carbonyl (C=O) groups is 1. The summed E-state index contributed by atoms with van der Waals surface area (Å²) in [4.78, 5) is 18.6. The average Bonchev–Trinajstić information content (AvgIpc) is 3.32. The molecule has 0 fully saturated rings. The van der Waals surface area contributed by atoms with Crippen LogP contribution < -0.4 is 8.92 Å². The van der Waals surface area contributed by atoms with Crippen LogP contribution in [0.3, 0.4) is 0 Å². The van der Waals surface area contributed by atoms with Gasteiger partial charge in [0.1, 0.15) is 10.7 Å². The number of fused-ring (bicyclic) bond motifs is 1. The zero-order valence-corrected chi connectivity index (χ0v) is 22.5. The standard InChI is InChI=1S/C27H20ClN3O5S2/c1-16-8-10-19(11-9-16)38(33,34)36-24-21(28)13-17(14-23(24)35-2)12-20-25(29)31-22(18-6-4-3-5-7-18)15-37-27(31)30-26(20)32/h3-15,29H,1-2H3/b20-12-,29-25?. The highest BCUT2D eigenvalue weighted by molar-refractivity contribution is 8.17. The summed E-state index contributed by atoms with van der Waals surface area (Å²) in [6.07, 6.45) is 1.46. The molecule has 11 heteroatoms. The number of nitrogens with zero attached hydrogens (tertiary/aromatic N) is 2. The molecule has 1 amide bonds. The van der Waals surface area contributed by atoms with Crippen LogP contribution in [0.4, 0.5) is 0 Å². The van der Waals surface area contributed by atoms with E-state index >= 15 is 0 Å². The SMILES string of the molecule is COc1cc(/C=C2/C(=N)N3C(c4ccccc4)=CSC3=NC2=O)cc(Cl)c1OS(=O)(=O)c1ccc(C)cc1. The van der Waals surface area contributed by atoms with Crippen LogP contribution in [0.1, 0.15) is 16.7 Å². The van der Waals surface area contributed by atoms with Crippen molar-refractivity contribution in [3.63, 3.8) is 0 Å². The van der Waals surface area contributed by atoms with Crippen molar-refractivity contribution in [3.05, 3.63) is 99.4 Å². The molecule has 1 N–H and O–H groups in total. The molecule has 2 aliphatic heterocycles. The molecule has 0 bridgehead atoms. The van der Waals surface area contributed by atoms with Gasteiger partial charge in [-0.05, 0) is 48.4 Å². The molecule has 192 valence electrons. The van der Waals surface area contributed by atoms with Crippen LogP contribution in [0.2, 0.25) is 5.02 Å². The first-order valence-electron chi connectivity index (χ1n) is 11.2. The van der Waals surface area contributed by atoms with E-state index in [0.29, 0.717) is 10.7 Å². The second-order valence-electron chi connectivity index (χ2n) is 8.31. The summed E-state index contributed by atoms with van der Waals surface area (Å²) < 4.78 is 36.3. The summed E-state index contributed by atoms with van der Waals surface area (Å²) >= 11 is 7.70. The normalized spacial score (nSPS) is 16.3. The van der Waals surface area contributed by atoms with Gasteiger partial charge in [0.25, 0.3) is 5.91 Å². The molecule has 5 rings (SSSR count). The van der Waals surface area contributed by atoms with Crippen molar-refractivity contribution in [1.29, 1.82) is 5.41 Å². The van der Waals surface area contributed by atoms with E-state index in [0.717, 1.165) is 16.8 Å². The fraction of sp³-hybridized carbons (Fsp3) is 0.0741. The molecule has 3 aromatic carbocycles. The summed E-state index contributed by atoms with van der Waals surface area (Å²) in [5, 5.41) is 11.0. The molecule has 8 nitrogen and oxygen atoms in total. The van der Waals surface area contributed by atoms with Crippen LogP contribution in [0.5, 0.6) is 11.5 Å². The molecule has 0 aliphatic carbocycles. The van der Waals surface area contributed by atoms with E-state index in [1.54, 1.807) is 17.0 Å². The Labute approximate surface area is 228 Å². The topological polar surface area (TPSA) is 109 Å². The van der Waals surface area contributed by atoms with E-state index < -0.39 is 16.0 Å². The number of halogens is 1. The lowest BCUT2D eigenvalue weighted by Gasteiger charge is -2.27. The maximum Gasteiger partial charge on any atom is 0.339 e. The molecule has 38 heavy (non-hydrogen) atoms. The first-order valence-corrected chi connectivity index (χ1v) is 13.9. The number of carbonyl (C=O) groups excluding carboxylic acids is 1. The van der Waals surface area contributed by atoms with Gasteiger partial charge in [-0.25, -0.2) is 0 Å². The smallest absolute Gasteiger partial charge is 0.339 e. The Morgan fingerprint density at radius 1 is 1.08 bits per heavy atom. The van der Waals surface area contributed by atoms with Gasteiger partial charge in [-0.15, -0.1) is 0 Å². The number of ether oxygens (including phenoxy) is 1. The number of benzene rings is 3. The average molecular weight is 566 g/mol. The molecular formula is C27H20ClN3O5S2. The van der Waals surface area contributed by atoms with E-state index in [1.165, 1.54) is 49.2 Å². The van der Waals surface area contributed by atoms with Crippen LogP contribution in [-0.2, 0) is 14.9 Å². The number of rotatable bonds is 6. The van der Waals surface area contributed by atoms with Crippen molar-refractivity contribution in [2.45, 2.75) is 11.8 Å². The highest BCUT2D eigenvalue weighted by atomic mass is 35.5. The maximum atomic E-state index is 12.8. The molecule has 2 aliphatic rings. The van der Waals surface area contributed by atoms with Gasteiger partial charge in [0.2, 0.25) is 5.75 Å². The second kappa shape index (κ2) is 10.1. The van der Waals surface area contributed by atoms with Crippen molar-refractivity contribution >= 4 is 62.2 Å². The monoisotopic (exact) mass is 565 g/mol. The minimum Gasteiger partial charge on any atom is -0.493 e. The van der Waals surface area contributed by atoms with Crippen molar-refractivity contribution in [2.75, 3.05) is 7.11 Å². The summed E-state index contributed by atoms with van der Waals surface area (Å²) in [5.74, 6) is -0.764. The minimum absolute atomic E-state index is 0.0342. The third kappa shape index (κ3) is 4.85. The Bertz CT molecular complexity index is 1660. The molecule has 0 spiro atoms. The van der Waals surface area contributed by atoms with Gasteiger partial charge in [-0.2, -0.15) is 13.4 Å². The molecule has 0 radical (unpaired) electrons. The van der Waals surface area contributed by atoms with Gasteiger partial charge in [0.15, 0.2) is 10.9 Å². The first kappa shape index (κ1) is 25.8. The van der Waals surface area contributed by atoms with Gasteiger partial charge in [-0.1, -0.05) is 71.4 Å². The number of hydrogen-bond acceptors (Lipinski definition) is 7. The van der Waals surface area contributed by atoms with Crippen LogP contribution in [-0.4, -0.2) is 37.3 Å². The molecule has 0 aromatic heterocycles. The van der Waals surface area contributed by atoms with Gasteiger partial charge < -0.3 is 8.92 Å². The van der Waals surface area contributed by atoms with Gasteiger partial charge in [0, 0.05) is 5.41 Å². The zero-order chi connectivity index (χ0) is 27.0. The second-order valence-corrected chi connectivity index (χ2v) is 11.1. The molecule has 0 saturated heterocycles. The highest BCUT2D eigenvalue weighted by Crippen LogP contribution is 2.40. The largest absolute Gasteiger partial charge is 0.493 e. The van der Waals surface area contributed by atoms with Crippen LogP contribution in [0.25, 0.3) is 11.8 Å². The van der Waals surface area contributed by atoms with Crippen molar-refractivity contribution in [2.24, 2.45) is 4.99 Å². The third-order valence-corrected chi connectivity index (χ3v) is 8.09. The number of thioether (sulfide) groups is 1. The van der Waals surface area contributed by atoms with E-state index in [2.05, 4.69) is 4.99 Å². The number of nitrogens with one attached hydrogen (secondary N) is 1. The number of amides is 1. The predicted molar refractivity (Wildman–Crippen MR) is 149 cm³/mol. The highest BCUT2D eigenvalue weighted by Gasteiger charge is 2.36. The summed E-state index contributed by atoms with van der Waals surface area (Å²) in [7, 11) is -2.84. The van der Waals surface area contributed by atoms with E-state index in [-0.39, 0.29) is 32.8 Å². The molecular weight excluding hydrogens is 546 g/mol. The number of aryl methyl sites for hydroxylation is 1. The van der Waals surface area contributed by atoms with E-state index in [9.17, 15) is 13.2 Å². The summed E-state index contributed by atoms with van der Waals surface area (Å²) in [6.45, 7) is 1.84. The molecule has 2 heterocycles. The van der Waals surface area contributed by atoms with Gasteiger partial charge >= 0.3 is 10.1 Å². The predicted octanol–water partition coefficient (Wildman–Crippen LogP) is 5.73. The number of aliphatic imine (C=N–C) groups is 1. The first-order chi connectivity index (χ1) is 18.2. The zero-order valence-electron chi connectivity index (χ0n) is 20.1. The Hall–Kier alpha value is -3.86. The van der Waals surface area contributed by atoms with Gasteiger partial charge in [-0.3, -0.25) is 15.1 Å². The third-order valence-electron chi connectivity index (χ3n) is 5.75. The molecule has 0 saturated carbocycles. The fourth-order valence-corrected chi connectivity index (χ4v) is 6.00. The van der Waals surface area contributed by atoms with Crippen LogP contribution >= 0.6 is 23.4 Å². The number of amidine groups is 2. The van der Waals surface area contributed by atoms with E-state index in [1.807, 2.05) is 42.7 Å². The lowest BCUT2D eigenvalue weighted by atomic mass is 10.1. The Kier molecular flexibility index (Phi) is 6.87. The maximum absolute atomic E-state index is 12.8. The minimum atomic E-state index is -4.19. The van der Waals surface area contributed by atoms with Crippen molar-refractivity contribution in [1.82, 2.24) is 4.90 Å². The van der Waals surface area contributed by atoms with Crippen molar-refractivity contribution < 1.29 is 22.1 Å². The quantitative estimate of drug-likeness (QED) is 0.300. The Morgan fingerprint density at radius 2 is 1.79 bits per heavy atom. The number of hydrogen-bond donors (Lipinski definition) is 1. The number of methoxy groups -OCH3 is 1. The lowest BCUT2D eigenvalue weighted by molar-refractivity contribution is -0.114. The van der Waals surface area contributed by atoms with Crippen LogP contribution in [0, 0.1) is 12.3 Å². The summed E-state index contributed by atoms with van der Waals surface area (Å²) in [6, 6.07) is 18.6. The fourth-order valence-electron chi connectivity index (χ4n) is 3.85. The van der Waals surface area contributed by atoms with Crippen molar-refractivity contribution in [3.8, 4) is 11.5 Å². The molecule has 3 aromatic rings. The summed E-state index contributed by atoms with van der Waals surface area (Å²) in [5.41, 5.74) is 2.95. The Morgan fingerprint density at radius 3 is 2.47 bits per heavy atom. The lowest BCUT2D eigenvalue weighted by Crippen LogP contribution is -2.38. The van der Waals surface area contributed by atoms with Gasteiger partial charge in [0.05, 0.1) is 23.4 Å². The molecule has 0 unspecified atom stereocenters. The Balaban J connectivity index is 1.48.